The number of urea groups is 1. The summed E-state index contributed by atoms with van der Waals surface area (Å²) >= 11 is 0. The zero-order valence-corrected chi connectivity index (χ0v) is 16.0. The van der Waals surface area contributed by atoms with E-state index in [1.54, 1.807) is 16.1 Å². The first-order valence-corrected chi connectivity index (χ1v) is 8.98. The third kappa shape index (κ3) is 3.98. The van der Waals surface area contributed by atoms with Crippen molar-refractivity contribution in [3.8, 4) is 0 Å². The van der Waals surface area contributed by atoms with Crippen LogP contribution in [0.15, 0.2) is 24.5 Å². The van der Waals surface area contributed by atoms with Crippen LogP contribution < -0.4 is 5.32 Å². The lowest BCUT2D eigenvalue weighted by molar-refractivity contribution is 0.0664. The fourth-order valence-corrected chi connectivity index (χ4v) is 3.02. The normalized spacial score (nSPS) is 15.4. The van der Waals surface area contributed by atoms with Crippen LogP contribution in [0.2, 0.25) is 0 Å². The summed E-state index contributed by atoms with van der Waals surface area (Å²) in [6.45, 7) is 9.08. The molecule has 7 heteroatoms. The zero-order chi connectivity index (χ0) is 18.9. The van der Waals surface area contributed by atoms with Crippen LogP contribution in [-0.2, 0) is 7.05 Å². The Balaban J connectivity index is 1.58. The van der Waals surface area contributed by atoms with Crippen LogP contribution in [0.25, 0.3) is 11.0 Å². The number of rotatable bonds is 2. The molecule has 1 aromatic carbocycles. The standard InChI is InChI=1S/C19H27N5O2/c1-19(2,3)12-20-18(26)24-9-7-23(8-10-24)17(25)14-5-6-16-15(11-14)21-13-22(16)4/h5-6,11,13H,7-10,12H2,1-4H3,(H,20,26). The number of fused-ring (bicyclic) bond motifs is 1. The molecule has 0 unspecified atom stereocenters. The van der Waals surface area contributed by atoms with Crippen molar-refractivity contribution in [2.75, 3.05) is 32.7 Å². The molecule has 0 aliphatic carbocycles. The number of nitrogens with one attached hydrogen (secondary N) is 1. The second kappa shape index (κ2) is 6.97. The van der Waals surface area contributed by atoms with Gasteiger partial charge in [-0.05, 0) is 23.6 Å². The van der Waals surface area contributed by atoms with Gasteiger partial charge in [0, 0.05) is 45.3 Å². The highest BCUT2D eigenvalue weighted by atomic mass is 16.2. The molecule has 1 N–H and O–H groups in total. The van der Waals surface area contributed by atoms with Crippen LogP contribution in [0.4, 0.5) is 4.79 Å². The molecule has 1 fully saturated rings. The van der Waals surface area contributed by atoms with E-state index >= 15 is 0 Å². The van der Waals surface area contributed by atoms with Gasteiger partial charge in [-0.3, -0.25) is 4.79 Å². The van der Waals surface area contributed by atoms with E-state index in [0.29, 0.717) is 38.3 Å². The molecule has 3 amide bonds. The smallest absolute Gasteiger partial charge is 0.317 e. The monoisotopic (exact) mass is 357 g/mol. The van der Waals surface area contributed by atoms with Crippen molar-refractivity contribution in [3.63, 3.8) is 0 Å². The van der Waals surface area contributed by atoms with Gasteiger partial charge in [-0.2, -0.15) is 0 Å². The first kappa shape index (κ1) is 18.2. The lowest BCUT2D eigenvalue weighted by Crippen LogP contribution is -2.53. The molecular formula is C19H27N5O2. The third-order valence-electron chi connectivity index (χ3n) is 4.60. The van der Waals surface area contributed by atoms with Gasteiger partial charge in [0.05, 0.1) is 17.4 Å². The Kier molecular flexibility index (Phi) is 4.89. The average molecular weight is 357 g/mol. The average Bonchev–Trinajstić information content (AvgIpc) is 2.99. The van der Waals surface area contributed by atoms with Gasteiger partial charge < -0.3 is 19.7 Å². The zero-order valence-electron chi connectivity index (χ0n) is 16.0. The van der Waals surface area contributed by atoms with Crippen molar-refractivity contribution in [2.24, 2.45) is 12.5 Å². The minimum atomic E-state index is -0.0538. The Bertz CT molecular complexity index is 813. The van der Waals surface area contributed by atoms with Gasteiger partial charge in [0.25, 0.3) is 5.91 Å². The summed E-state index contributed by atoms with van der Waals surface area (Å²) in [5.41, 5.74) is 2.51. The van der Waals surface area contributed by atoms with Crippen molar-refractivity contribution < 1.29 is 9.59 Å². The molecule has 26 heavy (non-hydrogen) atoms. The highest BCUT2D eigenvalue weighted by Crippen LogP contribution is 2.16. The maximum absolute atomic E-state index is 12.8. The molecule has 1 aromatic heterocycles. The molecule has 0 spiro atoms. The Morgan fingerprint density at radius 2 is 1.77 bits per heavy atom. The summed E-state index contributed by atoms with van der Waals surface area (Å²) in [5, 5.41) is 2.96. The number of nitrogens with zero attached hydrogens (tertiary/aromatic N) is 4. The van der Waals surface area contributed by atoms with Crippen molar-refractivity contribution in [1.82, 2.24) is 24.7 Å². The van der Waals surface area contributed by atoms with E-state index in [0.717, 1.165) is 11.0 Å². The van der Waals surface area contributed by atoms with Gasteiger partial charge in [0.2, 0.25) is 0 Å². The predicted molar refractivity (Wildman–Crippen MR) is 101 cm³/mol. The molecule has 2 aromatic rings. The van der Waals surface area contributed by atoms with Gasteiger partial charge in [-0.25, -0.2) is 9.78 Å². The Labute approximate surface area is 154 Å². The largest absolute Gasteiger partial charge is 0.337 e. The number of carbonyl (C=O) groups excluding carboxylic acids is 2. The summed E-state index contributed by atoms with van der Waals surface area (Å²) in [4.78, 5) is 32.9. The first-order valence-electron chi connectivity index (χ1n) is 8.98. The Morgan fingerprint density at radius 1 is 1.12 bits per heavy atom. The molecule has 2 heterocycles. The van der Waals surface area contributed by atoms with E-state index in [1.165, 1.54) is 0 Å². The molecular weight excluding hydrogens is 330 g/mol. The fraction of sp³-hybridized carbons (Fsp3) is 0.526. The molecule has 0 radical (unpaired) electrons. The molecule has 7 nitrogen and oxygen atoms in total. The Morgan fingerprint density at radius 3 is 2.42 bits per heavy atom. The maximum Gasteiger partial charge on any atom is 0.317 e. The van der Waals surface area contributed by atoms with E-state index < -0.39 is 0 Å². The van der Waals surface area contributed by atoms with Gasteiger partial charge >= 0.3 is 6.03 Å². The fourth-order valence-electron chi connectivity index (χ4n) is 3.02. The van der Waals surface area contributed by atoms with Crippen LogP contribution in [0, 0.1) is 5.41 Å². The lowest BCUT2D eigenvalue weighted by atomic mass is 9.97. The second-order valence-electron chi connectivity index (χ2n) is 8.06. The van der Waals surface area contributed by atoms with E-state index in [4.69, 9.17) is 0 Å². The van der Waals surface area contributed by atoms with E-state index in [2.05, 4.69) is 31.1 Å². The maximum atomic E-state index is 12.8. The lowest BCUT2D eigenvalue weighted by Gasteiger charge is -2.35. The quantitative estimate of drug-likeness (QED) is 0.895. The molecule has 0 atom stereocenters. The predicted octanol–water partition coefficient (Wildman–Crippen LogP) is 2.09. The van der Waals surface area contributed by atoms with Gasteiger partial charge in [-0.1, -0.05) is 20.8 Å². The van der Waals surface area contributed by atoms with Crippen LogP contribution >= 0.6 is 0 Å². The first-order chi connectivity index (χ1) is 12.2. The van der Waals surface area contributed by atoms with Gasteiger partial charge in [0.15, 0.2) is 0 Å². The number of imidazole rings is 1. The van der Waals surface area contributed by atoms with E-state index in [1.807, 2.05) is 29.8 Å². The highest BCUT2D eigenvalue weighted by Gasteiger charge is 2.25. The summed E-state index contributed by atoms with van der Waals surface area (Å²) < 4.78 is 1.93. The number of piperazine rings is 1. The molecule has 140 valence electrons. The van der Waals surface area contributed by atoms with Crippen LogP contribution in [0.3, 0.4) is 0 Å². The molecule has 1 aliphatic heterocycles. The van der Waals surface area contributed by atoms with E-state index in [9.17, 15) is 9.59 Å². The summed E-state index contributed by atoms with van der Waals surface area (Å²) in [5.74, 6) is -0.00713. The number of hydrogen-bond acceptors (Lipinski definition) is 3. The number of carbonyl (C=O) groups is 2. The summed E-state index contributed by atoms with van der Waals surface area (Å²) in [6.07, 6.45) is 1.74. The number of benzene rings is 1. The molecule has 3 rings (SSSR count). The molecule has 0 bridgehead atoms. The third-order valence-corrected chi connectivity index (χ3v) is 4.60. The van der Waals surface area contributed by atoms with Crippen LogP contribution in [0.1, 0.15) is 31.1 Å². The topological polar surface area (TPSA) is 70.5 Å². The van der Waals surface area contributed by atoms with Gasteiger partial charge in [0.1, 0.15) is 0 Å². The number of aryl methyl sites for hydroxylation is 1. The summed E-state index contributed by atoms with van der Waals surface area (Å²) in [6, 6.07) is 5.54. The van der Waals surface area contributed by atoms with Gasteiger partial charge in [-0.15, -0.1) is 0 Å². The van der Waals surface area contributed by atoms with Crippen molar-refractivity contribution >= 4 is 23.0 Å². The summed E-state index contributed by atoms with van der Waals surface area (Å²) in [7, 11) is 1.93. The van der Waals surface area contributed by atoms with E-state index in [-0.39, 0.29) is 17.4 Å². The minimum absolute atomic E-state index is 0.00713. The molecule has 1 aliphatic rings. The van der Waals surface area contributed by atoms with Crippen molar-refractivity contribution in [3.05, 3.63) is 30.1 Å². The number of aromatic nitrogens is 2. The number of hydrogen-bond donors (Lipinski definition) is 1. The van der Waals surface area contributed by atoms with Crippen LogP contribution in [-0.4, -0.2) is 64.0 Å². The Hall–Kier alpha value is -2.57. The SMILES string of the molecule is Cn1cnc2cc(C(=O)N3CCN(C(=O)NCC(C)(C)C)CC3)ccc21. The number of amides is 3. The van der Waals surface area contributed by atoms with Crippen LogP contribution in [0.5, 0.6) is 0 Å². The van der Waals surface area contributed by atoms with Crippen molar-refractivity contribution in [2.45, 2.75) is 20.8 Å². The second-order valence-corrected chi connectivity index (χ2v) is 8.06. The minimum Gasteiger partial charge on any atom is -0.337 e. The molecule has 0 saturated carbocycles. The highest BCUT2D eigenvalue weighted by molar-refractivity contribution is 5.97. The molecule has 1 saturated heterocycles. The van der Waals surface area contributed by atoms with Crippen molar-refractivity contribution in [1.29, 1.82) is 0 Å².